The van der Waals surface area contributed by atoms with Crippen LogP contribution in [0.2, 0.25) is 0 Å². The minimum atomic E-state index is -0.621. The van der Waals surface area contributed by atoms with Crippen LogP contribution < -0.4 is 0 Å². The summed E-state index contributed by atoms with van der Waals surface area (Å²) in [5.74, 6) is 0.598. The Bertz CT molecular complexity index is 1170. The highest BCUT2D eigenvalue weighted by atomic mass is 16.2. The van der Waals surface area contributed by atoms with Gasteiger partial charge in [-0.1, -0.05) is 54.5 Å². The number of nitrogens with zero attached hydrogens (tertiary/aromatic N) is 2. The molecule has 0 bridgehead atoms. The van der Waals surface area contributed by atoms with Crippen molar-refractivity contribution >= 4 is 17.5 Å². The molecule has 0 spiro atoms. The van der Waals surface area contributed by atoms with Crippen molar-refractivity contribution in [2.75, 3.05) is 14.1 Å². The molecule has 5 aliphatic rings. The lowest BCUT2D eigenvalue weighted by atomic mass is 9.31. The number of allylic oxidation sites excluding steroid dienone is 2. The first-order valence-electron chi connectivity index (χ1n) is 14.8. The highest BCUT2D eigenvalue weighted by molar-refractivity contribution is 6.04. The molecular weight excluding hydrogens is 472 g/mol. The molecule has 38 heavy (non-hydrogen) atoms. The molecule has 5 rings (SSSR count). The van der Waals surface area contributed by atoms with E-state index in [-0.39, 0.29) is 62.6 Å². The number of Topliss-reactive ketones (excluding diaryl/α,β-unsaturated/α-hetero) is 2. The average Bonchev–Trinajstić information content (AvgIpc) is 2.82. The van der Waals surface area contributed by atoms with Gasteiger partial charge in [-0.25, -0.2) is 0 Å². The third-order valence-electron chi connectivity index (χ3n) is 13.3. The predicted molar refractivity (Wildman–Crippen MR) is 148 cm³/mol. The number of carbonyl (C=O) groups excluding carboxylic acids is 3. The Kier molecular flexibility index (Phi) is 5.84. The van der Waals surface area contributed by atoms with Crippen molar-refractivity contribution in [2.45, 2.75) is 99.8 Å². The minimum absolute atomic E-state index is 0.0496. The van der Waals surface area contributed by atoms with Crippen molar-refractivity contribution in [2.24, 2.45) is 56.2 Å². The van der Waals surface area contributed by atoms with Crippen molar-refractivity contribution in [3.05, 3.63) is 11.6 Å². The molecule has 0 aliphatic heterocycles. The van der Waals surface area contributed by atoms with E-state index in [0.717, 1.165) is 44.9 Å². The van der Waals surface area contributed by atoms with Gasteiger partial charge in [0.1, 0.15) is 11.9 Å². The highest BCUT2D eigenvalue weighted by Gasteiger charge is 2.73. The van der Waals surface area contributed by atoms with Gasteiger partial charge in [-0.2, -0.15) is 5.26 Å². The first-order valence-corrected chi connectivity index (χ1v) is 14.8. The fourth-order valence-electron chi connectivity index (χ4n) is 11.1. The molecule has 5 heteroatoms. The van der Waals surface area contributed by atoms with Crippen LogP contribution in [0.1, 0.15) is 99.8 Å². The van der Waals surface area contributed by atoms with Gasteiger partial charge in [0.05, 0.1) is 11.0 Å². The van der Waals surface area contributed by atoms with Crippen LogP contribution in [0.5, 0.6) is 0 Å². The van der Waals surface area contributed by atoms with Crippen LogP contribution in [0.4, 0.5) is 0 Å². The molecule has 208 valence electrons. The van der Waals surface area contributed by atoms with Gasteiger partial charge in [0.2, 0.25) is 5.91 Å². The standard InChI is InChI=1S/C33H48N2O3/c1-28(2)12-14-33(27(38)35(8)9)15-13-32(7)25(21(33)18-28)22(36)16-24-30(5)17-20(19-34)26(37)29(3,4)23(30)10-11-31(24,32)6/h17,21,23-25H,10-16,18H2,1-9H3/t21?,23?,24?,25?,30-,31+,32+,33-/m0/s1. The van der Waals surface area contributed by atoms with E-state index in [0.29, 0.717) is 12.2 Å². The van der Waals surface area contributed by atoms with Crippen LogP contribution in [-0.4, -0.2) is 36.5 Å². The molecule has 8 atom stereocenters. The molecule has 4 saturated carbocycles. The van der Waals surface area contributed by atoms with Gasteiger partial charge >= 0.3 is 0 Å². The third kappa shape index (κ3) is 3.24. The Morgan fingerprint density at radius 1 is 0.921 bits per heavy atom. The molecular formula is C33H48N2O3. The van der Waals surface area contributed by atoms with Crippen molar-refractivity contribution in [1.82, 2.24) is 4.90 Å². The predicted octanol–water partition coefficient (Wildman–Crippen LogP) is 6.37. The van der Waals surface area contributed by atoms with Gasteiger partial charge in [-0.3, -0.25) is 14.4 Å². The summed E-state index contributed by atoms with van der Waals surface area (Å²) in [7, 11) is 3.74. The SMILES string of the molecule is CN(C)C(=O)[C@]12CCC(C)(C)CC1C1C(=O)CC3[C@@]4(C)C=C(C#N)C(=O)C(C)(C)C4CC[C@@]3(C)[C@]1(C)CC2. The Morgan fingerprint density at radius 2 is 1.55 bits per heavy atom. The topological polar surface area (TPSA) is 78.2 Å². The lowest BCUT2D eigenvalue weighted by Gasteiger charge is -2.71. The number of nitriles is 1. The van der Waals surface area contributed by atoms with E-state index in [4.69, 9.17) is 0 Å². The maximum Gasteiger partial charge on any atom is 0.228 e. The maximum absolute atomic E-state index is 14.5. The Balaban J connectivity index is 1.65. The molecule has 0 aromatic carbocycles. The lowest BCUT2D eigenvalue weighted by Crippen LogP contribution is -2.69. The number of carbonyl (C=O) groups is 3. The summed E-state index contributed by atoms with van der Waals surface area (Å²) < 4.78 is 0. The summed E-state index contributed by atoms with van der Waals surface area (Å²) in [6.45, 7) is 15.6. The second-order valence-corrected chi connectivity index (χ2v) is 16.0. The first-order chi connectivity index (χ1) is 17.4. The molecule has 4 unspecified atom stereocenters. The normalized spacial score (nSPS) is 46.9. The third-order valence-corrected chi connectivity index (χ3v) is 13.3. The zero-order valence-electron chi connectivity index (χ0n) is 25.2. The van der Waals surface area contributed by atoms with E-state index in [1.54, 1.807) is 4.90 Å². The number of hydrogen-bond donors (Lipinski definition) is 0. The van der Waals surface area contributed by atoms with E-state index in [1.165, 1.54) is 0 Å². The monoisotopic (exact) mass is 520 g/mol. The summed E-state index contributed by atoms with van der Waals surface area (Å²) in [6.07, 6.45) is 8.88. The maximum atomic E-state index is 14.5. The molecule has 5 nitrogen and oxygen atoms in total. The fourth-order valence-corrected chi connectivity index (χ4v) is 11.1. The summed E-state index contributed by atoms with van der Waals surface area (Å²) in [5, 5.41) is 9.91. The number of hydrogen-bond acceptors (Lipinski definition) is 4. The quantitative estimate of drug-likeness (QED) is 0.402. The minimum Gasteiger partial charge on any atom is -0.348 e. The number of rotatable bonds is 1. The second-order valence-electron chi connectivity index (χ2n) is 16.0. The molecule has 0 radical (unpaired) electrons. The largest absolute Gasteiger partial charge is 0.348 e. The van der Waals surface area contributed by atoms with Crippen LogP contribution in [0.25, 0.3) is 0 Å². The Hall–Kier alpha value is -1.96. The summed E-state index contributed by atoms with van der Waals surface area (Å²) >= 11 is 0. The fraction of sp³-hybridized carbons (Fsp3) is 0.818. The van der Waals surface area contributed by atoms with E-state index < -0.39 is 10.8 Å². The lowest BCUT2D eigenvalue weighted by molar-refractivity contribution is -0.223. The average molecular weight is 521 g/mol. The molecule has 1 amide bonds. The number of fused-ring (bicyclic) bond motifs is 7. The molecule has 0 heterocycles. The summed E-state index contributed by atoms with van der Waals surface area (Å²) in [4.78, 5) is 43.4. The van der Waals surface area contributed by atoms with Gasteiger partial charge < -0.3 is 4.90 Å². The zero-order valence-corrected chi connectivity index (χ0v) is 25.2. The first kappa shape index (κ1) is 27.6. The van der Waals surface area contributed by atoms with Crippen molar-refractivity contribution in [1.29, 1.82) is 5.26 Å². The molecule has 0 aromatic rings. The van der Waals surface area contributed by atoms with Crippen LogP contribution in [0, 0.1) is 67.5 Å². The van der Waals surface area contributed by atoms with Crippen molar-refractivity contribution in [3.63, 3.8) is 0 Å². The summed E-state index contributed by atoms with van der Waals surface area (Å²) in [5.41, 5.74) is -1.41. The molecule has 0 saturated heterocycles. The van der Waals surface area contributed by atoms with Crippen LogP contribution >= 0.6 is 0 Å². The van der Waals surface area contributed by atoms with E-state index in [1.807, 2.05) is 34.0 Å². The van der Waals surface area contributed by atoms with Crippen molar-refractivity contribution in [3.8, 4) is 6.07 Å². The van der Waals surface area contributed by atoms with Crippen LogP contribution in [0.3, 0.4) is 0 Å². The molecule has 4 fully saturated rings. The van der Waals surface area contributed by atoms with Gasteiger partial charge in [0, 0.05) is 31.8 Å². The van der Waals surface area contributed by atoms with Gasteiger partial charge in [0.15, 0.2) is 5.78 Å². The smallest absolute Gasteiger partial charge is 0.228 e. The van der Waals surface area contributed by atoms with E-state index in [9.17, 15) is 19.6 Å². The van der Waals surface area contributed by atoms with E-state index in [2.05, 4.69) is 40.7 Å². The van der Waals surface area contributed by atoms with Gasteiger partial charge in [0.25, 0.3) is 0 Å². The van der Waals surface area contributed by atoms with Crippen LogP contribution in [0.15, 0.2) is 11.6 Å². The Morgan fingerprint density at radius 3 is 2.16 bits per heavy atom. The highest BCUT2D eigenvalue weighted by Crippen LogP contribution is 2.75. The van der Waals surface area contributed by atoms with Gasteiger partial charge in [-0.05, 0) is 84.4 Å². The second kappa shape index (κ2) is 8.05. The Labute approximate surface area is 229 Å². The van der Waals surface area contributed by atoms with Gasteiger partial charge in [-0.15, -0.1) is 0 Å². The van der Waals surface area contributed by atoms with Crippen LogP contribution in [-0.2, 0) is 14.4 Å². The molecule has 0 N–H and O–H groups in total. The number of ketones is 2. The summed E-state index contributed by atoms with van der Waals surface area (Å²) in [6, 6.07) is 2.21. The number of amides is 1. The van der Waals surface area contributed by atoms with E-state index >= 15 is 0 Å². The van der Waals surface area contributed by atoms with Crippen molar-refractivity contribution < 1.29 is 14.4 Å². The molecule has 0 aromatic heterocycles. The zero-order chi connectivity index (χ0) is 28.3. The molecule has 5 aliphatic carbocycles.